The zero-order valence-electron chi connectivity index (χ0n) is 6.46. The van der Waals surface area contributed by atoms with E-state index in [2.05, 4.69) is 0 Å². The SMILES string of the molecule is CCC(=O)Cl.c1ccccc1. The van der Waals surface area contributed by atoms with Gasteiger partial charge >= 0.3 is 0 Å². The summed E-state index contributed by atoms with van der Waals surface area (Å²) in [5.74, 6) is 0. The quantitative estimate of drug-likeness (QED) is 0.593. The Morgan fingerprint density at radius 2 is 1.27 bits per heavy atom. The summed E-state index contributed by atoms with van der Waals surface area (Å²) in [5, 5.41) is -0.273. The molecule has 0 fully saturated rings. The Kier molecular flexibility index (Phi) is 6.75. The van der Waals surface area contributed by atoms with Gasteiger partial charge in [0.1, 0.15) is 0 Å². The van der Waals surface area contributed by atoms with Gasteiger partial charge in [0.2, 0.25) is 5.24 Å². The van der Waals surface area contributed by atoms with E-state index in [1.165, 1.54) is 0 Å². The Balaban J connectivity index is 0.000000187. The number of rotatable bonds is 1. The maximum absolute atomic E-state index is 9.58. The van der Waals surface area contributed by atoms with Gasteiger partial charge in [0.15, 0.2) is 0 Å². The van der Waals surface area contributed by atoms with Crippen molar-refractivity contribution in [3.05, 3.63) is 36.4 Å². The normalized spacial score (nSPS) is 7.82. The monoisotopic (exact) mass is 170 g/mol. The summed E-state index contributed by atoms with van der Waals surface area (Å²) >= 11 is 4.82. The van der Waals surface area contributed by atoms with Gasteiger partial charge in [-0.25, -0.2) is 0 Å². The molecule has 2 heteroatoms. The molecule has 0 saturated carbocycles. The summed E-state index contributed by atoms with van der Waals surface area (Å²) in [5.41, 5.74) is 0. The zero-order chi connectivity index (χ0) is 8.53. The third-order valence-corrected chi connectivity index (χ3v) is 1.21. The number of benzene rings is 1. The second kappa shape index (κ2) is 7.29. The molecule has 0 spiro atoms. The standard InChI is InChI=1S/C6H6.C3H5ClO/c1-2-4-6-5-3-1;1-2-3(4)5/h1-6H;2H2,1H3. The lowest BCUT2D eigenvalue weighted by atomic mass is 10.4. The number of hydrogen-bond acceptors (Lipinski definition) is 1. The first-order chi connectivity index (χ1) is 5.27. The first kappa shape index (κ1) is 10.2. The van der Waals surface area contributed by atoms with E-state index in [-0.39, 0.29) is 5.24 Å². The van der Waals surface area contributed by atoms with Crippen LogP contribution in [0, 0.1) is 0 Å². The first-order valence-corrected chi connectivity index (χ1v) is 3.83. The van der Waals surface area contributed by atoms with Crippen LogP contribution in [0.1, 0.15) is 13.3 Å². The highest BCUT2D eigenvalue weighted by Gasteiger charge is 1.81. The minimum atomic E-state index is -0.273. The molecule has 1 nitrogen and oxygen atoms in total. The molecule has 0 aromatic heterocycles. The lowest BCUT2D eigenvalue weighted by molar-refractivity contribution is -0.111. The van der Waals surface area contributed by atoms with Crippen LogP contribution in [0.2, 0.25) is 0 Å². The molecule has 0 aliphatic heterocycles. The first-order valence-electron chi connectivity index (χ1n) is 3.45. The van der Waals surface area contributed by atoms with Crippen molar-refractivity contribution in [1.82, 2.24) is 0 Å². The molecule has 0 N–H and O–H groups in total. The van der Waals surface area contributed by atoms with Gasteiger partial charge in [-0.2, -0.15) is 0 Å². The van der Waals surface area contributed by atoms with Gasteiger partial charge in [-0.05, 0) is 11.6 Å². The lowest BCUT2D eigenvalue weighted by Crippen LogP contribution is -1.74. The molecule has 1 aromatic rings. The van der Waals surface area contributed by atoms with Gasteiger partial charge in [-0.1, -0.05) is 43.3 Å². The predicted molar refractivity (Wildman–Crippen MR) is 47.6 cm³/mol. The molecule has 0 amide bonds. The van der Waals surface area contributed by atoms with Crippen molar-refractivity contribution < 1.29 is 4.79 Å². The molecule has 0 bridgehead atoms. The second-order valence-electron chi connectivity index (χ2n) is 1.86. The highest BCUT2D eigenvalue weighted by molar-refractivity contribution is 6.63. The van der Waals surface area contributed by atoms with Crippen molar-refractivity contribution >= 4 is 16.8 Å². The lowest BCUT2D eigenvalue weighted by Gasteiger charge is -1.69. The minimum Gasteiger partial charge on any atom is -0.281 e. The molecular weight excluding hydrogens is 160 g/mol. The van der Waals surface area contributed by atoms with E-state index >= 15 is 0 Å². The fourth-order valence-electron chi connectivity index (χ4n) is 0.385. The molecule has 0 aliphatic rings. The van der Waals surface area contributed by atoms with E-state index in [4.69, 9.17) is 11.6 Å². The van der Waals surface area contributed by atoms with Crippen LogP contribution in [0.25, 0.3) is 0 Å². The van der Waals surface area contributed by atoms with Gasteiger partial charge in [-0.15, -0.1) is 0 Å². The van der Waals surface area contributed by atoms with E-state index in [1.807, 2.05) is 36.4 Å². The predicted octanol–water partition coefficient (Wildman–Crippen LogP) is 2.85. The van der Waals surface area contributed by atoms with Gasteiger partial charge in [0.25, 0.3) is 0 Å². The smallest absolute Gasteiger partial charge is 0.221 e. The Bertz CT molecular complexity index is 157. The van der Waals surface area contributed by atoms with Gasteiger partial charge in [0.05, 0.1) is 0 Å². The van der Waals surface area contributed by atoms with Gasteiger partial charge < -0.3 is 0 Å². The van der Waals surface area contributed by atoms with Crippen molar-refractivity contribution in [1.29, 1.82) is 0 Å². The van der Waals surface area contributed by atoms with Crippen LogP contribution in [0.4, 0.5) is 0 Å². The molecule has 0 atom stereocenters. The summed E-state index contributed by atoms with van der Waals surface area (Å²) < 4.78 is 0. The highest BCUT2D eigenvalue weighted by Crippen LogP contribution is 1.81. The molecule has 1 rings (SSSR count). The van der Waals surface area contributed by atoms with E-state index in [1.54, 1.807) is 6.92 Å². The van der Waals surface area contributed by atoms with Crippen molar-refractivity contribution in [2.24, 2.45) is 0 Å². The molecule has 0 heterocycles. The number of hydrogen-bond donors (Lipinski definition) is 0. The van der Waals surface area contributed by atoms with Crippen molar-refractivity contribution in [3.63, 3.8) is 0 Å². The molecular formula is C9H11ClO. The van der Waals surface area contributed by atoms with Crippen molar-refractivity contribution in [3.8, 4) is 0 Å². The van der Waals surface area contributed by atoms with E-state index in [9.17, 15) is 4.79 Å². The Morgan fingerprint density at radius 3 is 1.36 bits per heavy atom. The number of carbonyl (C=O) groups is 1. The van der Waals surface area contributed by atoms with Crippen LogP contribution in [0.3, 0.4) is 0 Å². The number of carbonyl (C=O) groups excluding carboxylic acids is 1. The molecule has 0 aliphatic carbocycles. The second-order valence-corrected chi connectivity index (χ2v) is 2.28. The summed E-state index contributed by atoms with van der Waals surface area (Å²) in [4.78, 5) is 9.58. The third kappa shape index (κ3) is 9.18. The van der Waals surface area contributed by atoms with Gasteiger partial charge in [0, 0.05) is 6.42 Å². The average molecular weight is 171 g/mol. The minimum absolute atomic E-state index is 0.273. The maximum Gasteiger partial charge on any atom is 0.221 e. The van der Waals surface area contributed by atoms with E-state index in [0.717, 1.165) is 0 Å². The van der Waals surface area contributed by atoms with Crippen molar-refractivity contribution in [2.75, 3.05) is 0 Å². The van der Waals surface area contributed by atoms with Crippen LogP contribution in [-0.2, 0) is 4.79 Å². The largest absolute Gasteiger partial charge is 0.281 e. The fourth-order valence-corrected chi connectivity index (χ4v) is 0.385. The van der Waals surface area contributed by atoms with Crippen LogP contribution in [0.15, 0.2) is 36.4 Å². The topological polar surface area (TPSA) is 17.1 Å². The average Bonchev–Trinajstić information content (AvgIpc) is 2.09. The zero-order valence-corrected chi connectivity index (χ0v) is 7.21. The van der Waals surface area contributed by atoms with Crippen LogP contribution in [0.5, 0.6) is 0 Å². The Labute approximate surface area is 72.0 Å². The number of halogens is 1. The highest BCUT2D eigenvalue weighted by atomic mass is 35.5. The summed E-state index contributed by atoms with van der Waals surface area (Å²) in [6, 6.07) is 12.0. The molecule has 11 heavy (non-hydrogen) atoms. The summed E-state index contributed by atoms with van der Waals surface area (Å²) in [7, 11) is 0. The van der Waals surface area contributed by atoms with Crippen LogP contribution >= 0.6 is 11.6 Å². The fraction of sp³-hybridized carbons (Fsp3) is 0.222. The summed E-state index contributed by atoms with van der Waals surface area (Å²) in [6.45, 7) is 1.72. The molecule has 0 saturated heterocycles. The molecule has 0 unspecified atom stereocenters. The van der Waals surface area contributed by atoms with Crippen molar-refractivity contribution in [2.45, 2.75) is 13.3 Å². The third-order valence-electron chi connectivity index (χ3n) is 0.945. The van der Waals surface area contributed by atoms with Crippen LogP contribution in [-0.4, -0.2) is 5.24 Å². The Hall–Kier alpha value is -0.820. The van der Waals surface area contributed by atoms with Gasteiger partial charge in [-0.3, -0.25) is 4.79 Å². The molecule has 1 aromatic carbocycles. The van der Waals surface area contributed by atoms with Crippen LogP contribution < -0.4 is 0 Å². The Morgan fingerprint density at radius 1 is 1.09 bits per heavy atom. The summed E-state index contributed by atoms with van der Waals surface area (Å²) in [6.07, 6.45) is 0.432. The molecule has 0 radical (unpaired) electrons. The molecule has 60 valence electrons. The van der Waals surface area contributed by atoms with E-state index < -0.39 is 0 Å². The maximum atomic E-state index is 9.58. The van der Waals surface area contributed by atoms with E-state index in [0.29, 0.717) is 6.42 Å².